The van der Waals surface area contributed by atoms with E-state index in [9.17, 15) is 9.59 Å². The highest BCUT2D eigenvalue weighted by Gasteiger charge is 2.25. The van der Waals surface area contributed by atoms with Crippen LogP contribution in [0.5, 0.6) is 0 Å². The van der Waals surface area contributed by atoms with Crippen LogP contribution in [0, 0.1) is 0 Å². The van der Waals surface area contributed by atoms with Crippen LogP contribution in [-0.2, 0) is 11.2 Å². The van der Waals surface area contributed by atoms with Crippen molar-refractivity contribution in [3.63, 3.8) is 0 Å². The number of aromatic nitrogens is 2. The Kier molecular flexibility index (Phi) is 5.51. The summed E-state index contributed by atoms with van der Waals surface area (Å²) in [6.45, 7) is 2.06. The molecule has 0 saturated heterocycles. The fraction of sp³-hybridized carbons (Fsp3) is 0.353. The third-order valence-electron chi connectivity index (χ3n) is 3.48. The molecule has 1 aromatic heterocycles. The van der Waals surface area contributed by atoms with E-state index in [0.29, 0.717) is 5.69 Å². The number of aromatic amines is 1. The first-order valence-corrected chi connectivity index (χ1v) is 7.64. The summed E-state index contributed by atoms with van der Waals surface area (Å²) in [5, 5.41) is 9.64. The van der Waals surface area contributed by atoms with E-state index < -0.39 is 6.04 Å². The van der Waals surface area contributed by atoms with Crippen LogP contribution in [0.4, 0.5) is 0 Å². The van der Waals surface area contributed by atoms with E-state index in [2.05, 4.69) is 22.4 Å². The quantitative estimate of drug-likeness (QED) is 0.855. The minimum atomic E-state index is -0.731. The topological polar surface area (TPSA) is 78.1 Å². The SMILES string of the molecule is CCCc1cc(C(=O)N[C@@H](C(=O)N(C)C)c2ccccc2)n[nH]1. The minimum absolute atomic E-state index is 0.186. The summed E-state index contributed by atoms with van der Waals surface area (Å²) < 4.78 is 0. The Morgan fingerprint density at radius 2 is 1.96 bits per heavy atom. The summed E-state index contributed by atoms with van der Waals surface area (Å²) >= 11 is 0. The first-order valence-electron chi connectivity index (χ1n) is 7.64. The van der Waals surface area contributed by atoms with Gasteiger partial charge in [-0.05, 0) is 18.1 Å². The van der Waals surface area contributed by atoms with E-state index in [1.165, 1.54) is 4.90 Å². The molecule has 2 amide bonds. The molecule has 0 aliphatic heterocycles. The standard InChI is InChI=1S/C17H22N4O2/c1-4-8-13-11-14(20-19-13)16(22)18-15(17(23)21(2)3)12-9-6-5-7-10-12/h5-7,9-11,15H,4,8H2,1-3H3,(H,18,22)(H,19,20)/t15-/m1/s1. The van der Waals surface area contributed by atoms with Gasteiger partial charge in [-0.15, -0.1) is 0 Å². The van der Waals surface area contributed by atoms with Gasteiger partial charge in [0, 0.05) is 19.8 Å². The van der Waals surface area contributed by atoms with Crippen molar-refractivity contribution < 1.29 is 9.59 Å². The van der Waals surface area contributed by atoms with Crippen molar-refractivity contribution >= 4 is 11.8 Å². The summed E-state index contributed by atoms with van der Waals surface area (Å²) in [7, 11) is 3.33. The molecule has 1 atom stereocenters. The van der Waals surface area contributed by atoms with Crippen LogP contribution in [0.2, 0.25) is 0 Å². The highest BCUT2D eigenvalue weighted by atomic mass is 16.2. The number of nitrogens with zero attached hydrogens (tertiary/aromatic N) is 2. The molecule has 0 aliphatic carbocycles. The van der Waals surface area contributed by atoms with Crippen LogP contribution in [0.25, 0.3) is 0 Å². The average Bonchev–Trinajstić information content (AvgIpc) is 3.01. The van der Waals surface area contributed by atoms with Gasteiger partial charge in [-0.2, -0.15) is 5.10 Å². The number of benzene rings is 1. The fourth-order valence-electron chi connectivity index (χ4n) is 2.27. The van der Waals surface area contributed by atoms with Crippen molar-refractivity contribution in [2.24, 2.45) is 0 Å². The van der Waals surface area contributed by atoms with Gasteiger partial charge >= 0.3 is 0 Å². The number of hydrogen-bond acceptors (Lipinski definition) is 3. The summed E-state index contributed by atoms with van der Waals surface area (Å²) in [4.78, 5) is 26.3. The molecule has 0 bridgehead atoms. The van der Waals surface area contributed by atoms with E-state index in [-0.39, 0.29) is 11.8 Å². The predicted molar refractivity (Wildman–Crippen MR) is 87.9 cm³/mol. The first kappa shape index (κ1) is 16.7. The van der Waals surface area contributed by atoms with Gasteiger partial charge in [0.15, 0.2) is 0 Å². The van der Waals surface area contributed by atoms with Gasteiger partial charge in [0.1, 0.15) is 11.7 Å². The lowest BCUT2D eigenvalue weighted by atomic mass is 10.1. The summed E-state index contributed by atoms with van der Waals surface area (Å²) in [6, 6.07) is 10.2. The minimum Gasteiger partial charge on any atom is -0.347 e. The molecular formula is C17H22N4O2. The zero-order valence-corrected chi connectivity index (χ0v) is 13.7. The van der Waals surface area contributed by atoms with Gasteiger partial charge in [-0.1, -0.05) is 43.7 Å². The maximum atomic E-state index is 12.4. The molecule has 1 heterocycles. The molecule has 0 fully saturated rings. The number of rotatable bonds is 6. The molecule has 0 aliphatic rings. The Morgan fingerprint density at radius 1 is 1.26 bits per heavy atom. The molecule has 0 unspecified atom stereocenters. The molecule has 0 spiro atoms. The first-order chi connectivity index (χ1) is 11.0. The second-order valence-corrected chi connectivity index (χ2v) is 5.58. The third-order valence-corrected chi connectivity index (χ3v) is 3.48. The lowest BCUT2D eigenvalue weighted by molar-refractivity contribution is -0.130. The normalized spacial score (nSPS) is 11.8. The van der Waals surface area contributed by atoms with Crippen molar-refractivity contribution in [2.75, 3.05) is 14.1 Å². The molecule has 2 rings (SSSR count). The molecule has 0 radical (unpaired) electrons. The largest absolute Gasteiger partial charge is 0.347 e. The number of amides is 2. The van der Waals surface area contributed by atoms with Crippen LogP contribution >= 0.6 is 0 Å². The zero-order valence-electron chi connectivity index (χ0n) is 13.7. The molecule has 2 N–H and O–H groups in total. The van der Waals surface area contributed by atoms with Crippen molar-refractivity contribution in [1.82, 2.24) is 20.4 Å². The van der Waals surface area contributed by atoms with Crippen LogP contribution < -0.4 is 5.32 Å². The predicted octanol–water partition coefficient (Wildman–Crippen LogP) is 1.92. The molecule has 23 heavy (non-hydrogen) atoms. The number of carbonyl (C=O) groups excluding carboxylic acids is 2. The van der Waals surface area contributed by atoms with Crippen molar-refractivity contribution in [3.05, 3.63) is 53.3 Å². The monoisotopic (exact) mass is 314 g/mol. The molecule has 1 aromatic carbocycles. The molecular weight excluding hydrogens is 292 g/mol. The molecule has 122 valence electrons. The second-order valence-electron chi connectivity index (χ2n) is 5.58. The van der Waals surface area contributed by atoms with Gasteiger partial charge in [0.2, 0.25) is 5.91 Å². The Bertz CT molecular complexity index is 664. The summed E-state index contributed by atoms with van der Waals surface area (Å²) in [5.41, 5.74) is 1.94. The Balaban J connectivity index is 2.19. The highest BCUT2D eigenvalue weighted by molar-refractivity contribution is 5.96. The van der Waals surface area contributed by atoms with E-state index in [4.69, 9.17) is 0 Å². The maximum absolute atomic E-state index is 12.4. The van der Waals surface area contributed by atoms with E-state index in [1.54, 1.807) is 20.2 Å². The van der Waals surface area contributed by atoms with Gasteiger partial charge in [-0.25, -0.2) is 0 Å². The molecule has 6 nitrogen and oxygen atoms in total. The van der Waals surface area contributed by atoms with Crippen LogP contribution in [-0.4, -0.2) is 41.0 Å². The summed E-state index contributed by atoms with van der Waals surface area (Å²) in [6.07, 6.45) is 1.80. The number of nitrogens with one attached hydrogen (secondary N) is 2. The third kappa shape index (κ3) is 4.18. The number of carbonyl (C=O) groups is 2. The Hall–Kier alpha value is -2.63. The molecule has 6 heteroatoms. The average molecular weight is 314 g/mol. The van der Waals surface area contributed by atoms with Gasteiger partial charge in [-0.3, -0.25) is 14.7 Å². The van der Waals surface area contributed by atoms with E-state index in [1.807, 2.05) is 30.3 Å². The summed E-state index contributed by atoms with van der Waals surface area (Å²) in [5.74, 6) is -0.554. The lowest BCUT2D eigenvalue weighted by Gasteiger charge is -2.21. The number of likely N-dealkylation sites (N-methyl/N-ethyl adjacent to an activating group) is 1. The van der Waals surface area contributed by atoms with Gasteiger partial charge in [0.25, 0.3) is 5.91 Å². The van der Waals surface area contributed by atoms with Crippen LogP contribution in [0.3, 0.4) is 0 Å². The van der Waals surface area contributed by atoms with Crippen molar-refractivity contribution in [1.29, 1.82) is 0 Å². The van der Waals surface area contributed by atoms with E-state index >= 15 is 0 Å². The second kappa shape index (κ2) is 7.58. The zero-order chi connectivity index (χ0) is 16.8. The molecule has 2 aromatic rings. The number of hydrogen-bond donors (Lipinski definition) is 2. The van der Waals surface area contributed by atoms with Crippen LogP contribution in [0.15, 0.2) is 36.4 Å². The van der Waals surface area contributed by atoms with E-state index in [0.717, 1.165) is 24.1 Å². The smallest absolute Gasteiger partial charge is 0.272 e. The highest BCUT2D eigenvalue weighted by Crippen LogP contribution is 2.15. The number of H-pyrrole nitrogens is 1. The fourth-order valence-corrected chi connectivity index (χ4v) is 2.27. The Labute approximate surface area is 135 Å². The number of aryl methyl sites for hydroxylation is 1. The lowest BCUT2D eigenvalue weighted by Crippen LogP contribution is -2.40. The Morgan fingerprint density at radius 3 is 2.57 bits per heavy atom. The van der Waals surface area contributed by atoms with Crippen molar-refractivity contribution in [2.45, 2.75) is 25.8 Å². The van der Waals surface area contributed by atoms with Gasteiger partial charge in [0.05, 0.1) is 0 Å². The van der Waals surface area contributed by atoms with Crippen molar-refractivity contribution in [3.8, 4) is 0 Å². The molecule has 0 saturated carbocycles. The maximum Gasteiger partial charge on any atom is 0.272 e. The van der Waals surface area contributed by atoms with Crippen LogP contribution in [0.1, 0.15) is 41.1 Å². The van der Waals surface area contributed by atoms with Gasteiger partial charge < -0.3 is 10.2 Å².